The van der Waals surface area contributed by atoms with Crippen LogP contribution in [0.5, 0.6) is 0 Å². The maximum absolute atomic E-state index is 12.2. The second-order valence-corrected chi connectivity index (χ2v) is 7.82. The van der Waals surface area contributed by atoms with Crippen molar-refractivity contribution in [3.63, 3.8) is 0 Å². The molecule has 5 nitrogen and oxygen atoms in total. The van der Waals surface area contributed by atoms with Gasteiger partial charge in [-0.05, 0) is 42.9 Å². The van der Waals surface area contributed by atoms with Gasteiger partial charge in [-0.25, -0.2) is 0 Å². The van der Waals surface area contributed by atoms with Crippen LogP contribution in [0.4, 0.5) is 5.69 Å². The topological polar surface area (TPSA) is 59.8 Å². The van der Waals surface area contributed by atoms with E-state index >= 15 is 0 Å². The summed E-state index contributed by atoms with van der Waals surface area (Å²) in [6.07, 6.45) is 3.46. The molecule has 134 valence electrons. The van der Waals surface area contributed by atoms with Crippen LogP contribution in [0.2, 0.25) is 0 Å². The van der Waals surface area contributed by atoms with Crippen LogP contribution in [0.15, 0.2) is 29.4 Å². The second-order valence-electron chi connectivity index (χ2n) is 6.88. The van der Waals surface area contributed by atoms with Gasteiger partial charge in [0.15, 0.2) is 5.16 Å². The lowest BCUT2D eigenvalue weighted by Crippen LogP contribution is -2.15. The summed E-state index contributed by atoms with van der Waals surface area (Å²) in [7, 11) is 0. The predicted molar refractivity (Wildman–Crippen MR) is 102 cm³/mol. The Balaban J connectivity index is 1.57. The van der Waals surface area contributed by atoms with E-state index in [9.17, 15) is 4.79 Å². The number of carbonyl (C=O) groups excluding carboxylic acids is 1. The van der Waals surface area contributed by atoms with Crippen LogP contribution in [-0.4, -0.2) is 26.4 Å². The third kappa shape index (κ3) is 4.63. The van der Waals surface area contributed by atoms with E-state index in [0.717, 1.165) is 29.6 Å². The number of nitrogens with zero attached hydrogens (tertiary/aromatic N) is 3. The highest BCUT2D eigenvalue weighted by molar-refractivity contribution is 7.99. The first-order valence-electron chi connectivity index (χ1n) is 9.04. The van der Waals surface area contributed by atoms with Crippen LogP contribution >= 0.6 is 11.8 Å². The van der Waals surface area contributed by atoms with Crippen molar-refractivity contribution < 1.29 is 4.79 Å². The molecular formula is C19H26N4OS. The molecule has 1 aliphatic rings. The number of hydrogen-bond acceptors (Lipinski definition) is 4. The van der Waals surface area contributed by atoms with Crippen LogP contribution in [0, 0.1) is 0 Å². The van der Waals surface area contributed by atoms with Gasteiger partial charge in [0, 0.05) is 18.2 Å². The summed E-state index contributed by atoms with van der Waals surface area (Å²) in [5.74, 6) is 2.49. The van der Waals surface area contributed by atoms with Gasteiger partial charge >= 0.3 is 0 Å². The van der Waals surface area contributed by atoms with Crippen molar-refractivity contribution in [1.82, 2.24) is 14.8 Å². The van der Waals surface area contributed by atoms with Crippen LogP contribution < -0.4 is 5.32 Å². The first-order chi connectivity index (χ1) is 12.1. The number of carbonyl (C=O) groups is 1. The quantitative estimate of drug-likeness (QED) is 0.710. The lowest BCUT2D eigenvalue weighted by molar-refractivity contribution is -0.113. The maximum Gasteiger partial charge on any atom is 0.234 e. The summed E-state index contributed by atoms with van der Waals surface area (Å²) < 4.78 is 2.19. The highest BCUT2D eigenvalue weighted by Crippen LogP contribution is 2.40. The van der Waals surface area contributed by atoms with E-state index < -0.39 is 0 Å². The fourth-order valence-electron chi connectivity index (χ4n) is 2.76. The number of amides is 1. The van der Waals surface area contributed by atoms with Crippen molar-refractivity contribution in [1.29, 1.82) is 0 Å². The molecular weight excluding hydrogens is 332 g/mol. The van der Waals surface area contributed by atoms with Crippen molar-refractivity contribution >= 4 is 23.4 Å². The molecule has 1 aliphatic carbocycles. The SMILES string of the molecule is CCCn1c(SCC(=O)Nc2ccc(C(C)C)cc2)nnc1C1CC1. The minimum atomic E-state index is -0.0127. The van der Waals surface area contributed by atoms with Crippen molar-refractivity contribution in [3.05, 3.63) is 35.7 Å². The van der Waals surface area contributed by atoms with Crippen LogP contribution in [0.1, 0.15) is 63.3 Å². The Hall–Kier alpha value is -1.82. The Labute approximate surface area is 153 Å². The molecule has 0 aliphatic heterocycles. The molecule has 0 bridgehead atoms. The molecule has 0 radical (unpaired) electrons. The van der Waals surface area contributed by atoms with Gasteiger partial charge < -0.3 is 9.88 Å². The Morgan fingerprint density at radius 1 is 1.28 bits per heavy atom. The zero-order chi connectivity index (χ0) is 17.8. The van der Waals surface area contributed by atoms with Gasteiger partial charge in [0.1, 0.15) is 5.82 Å². The van der Waals surface area contributed by atoms with E-state index in [2.05, 4.69) is 53.0 Å². The molecule has 1 aromatic carbocycles. The van der Waals surface area contributed by atoms with E-state index in [-0.39, 0.29) is 5.91 Å². The standard InChI is InChI=1S/C19H26N4OS/c1-4-11-23-18(15-5-6-15)21-22-19(23)25-12-17(24)20-16-9-7-14(8-10-16)13(2)3/h7-10,13,15H,4-6,11-12H2,1-3H3,(H,20,24). The van der Waals surface area contributed by atoms with Crippen LogP contribution in [-0.2, 0) is 11.3 Å². The Morgan fingerprint density at radius 2 is 2.00 bits per heavy atom. The number of anilines is 1. The largest absolute Gasteiger partial charge is 0.325 e. The smallest absolute Gasteiger partial charge is 0.234 e. The molecule has 1 fully saturated rings. The predicted octanol–water partition coefficient (Wildman–Crippen LogP) is 4.42. The number of hydrogen-bond donors (Lipinski definition) is 1. The van der Waals surface area contributed by atoms with Crippen LogP contribution in [0.25, 0.3) is 0 Å². The molecule has 1 aromatic heterocycles. The van der Waals surface area contributed by atoms with Crippen molar-refractivity contribution in [3.8, 4) is 0 Å². The van der Waals surface area contributed by atoms with Gasteiger partial charge in [-0.1, -0.05) is 44.7 Å². The Morgan fingerprint density at radius 3 is 2.60 bits per heavy atom. The zero-order valence-corrected chi connectivity index (χ0v) is 16.0. The first-order valence-corrected chi connectivity index (χ1v) is 10.0. The molecule has 0 saturated heterocycles. The number of benzene rings is 1. The molecule has 2 aromatic rings. The van der Waals surface area contributed by atoms with Gasteiger partial charge in [-0.15, -0.1) is 10.2 Å². The van der Waals surface area contributed by atoms with E-state index in [1.165, 1.54) is 30.2 Å². The number of aromatic nitrogens is 3. The normalized spacial score (nSPS) is 14.1. The Bertz CT molecular complexity index is 720. The highest BCUT2D eigenvalue weighted by atomic mass is 32.2. The third-order valence-electron chi connectivity index (χ3n) is 4.33. The van der Waals surface area contributed by atoms with Crippen molar-refractivity contribution in [2.45, 2.75) is 63.6 Å². The van der Waals surface area contributed by atoms with E-state index in [1.807, 2.05) is 12.1 Å². The summed E-state index contributed by atoms with van der Waals surface area (Å²) in [5.41, 5.74) is 2.11. The number of rotatable bonds is 8. The van der Waals surface area contributed by atoms with Crippen LogP contribution in [0.3, 0.4) is 0 Å². The zero-order valence-electron chi connectivity index (χ0n) is 15.2. The van der Waals surface area contributed by atoms with Crippen molar-refractivity contribution in [2.24, 2.45) is 0 Å². The molecule has 1 heterocycles. The lowest BCUT2D eigenvalue weighted by atomic mass is 10.0. The molecule has 1 N–H and O–H groups in total. The average molecular weight is 359 g/mol. The fourth-order valence-corrected chi connectivity index (χ4v) is 3.53. The minimum Gasteiger partial charge on any atom is -0.325 e. The summed E-state index contributed by atoms with van der Waals surface area (Å²) in [6, 6.07) is 8.05. The summed E-state index contributed by atoms with van der Waals surface area (Å²) >= 11 is 1.47. The van der Waals surface area contributed by atoms with Gasteiger partial charge in [-0.2, -0.15) is 0 Å². The first kappa shape index (κ1) is 18.0. The van der Waals surface area contributed by atoms with E-state index in [1.54, 1.807) is 0 Å². The average Bonchev–Trinajstić information content (AvgIpc) is 3.36. The maximum atomic E-state index is 12.2. The highest BCUT2D eigenvalue weighted by Gasteiger charge is 2.30. The monoisotopic (exact) mass is 358 g/mol. The lowest BCUT2D eigenvalue weighted by Gasteiger charge is -2.09. The van der Waals surface area contributed by atoms with Gasteiger partial charge in [-0.3, -0.25) is 4.79 Å². The fraction of sp³-hybridized carbons (Fsp3) is 0.526. The van der Waals surface area contributed by atoms with Gasteiger partial charge in [0.05, 0.1) is 5.75 Å². The molecule has 1 saturated carbocycles. The number of thioether (sulfide) groups is 1. The third-order valence-corrected chi connectivity index (χ3v) is 5.30. The Kier molecular flexibility index (Phi) is 5.78. The minimum absolute atomic E-state index is 0.0127. The molecule has 25 heavy (non-hydrogen) atoms. The summed E-state index contributed by atoms with van der Waals surface area (Å²) in [4.78, 5) is 12.2. The van der Waals surface area contributed by atoms with E-state index in [4.69, 9.17) is 0 Å². The van der Waals surface area contributed by atoms with Crippen molar-refractivity contribution in [2.75, 3.05) is 11.1 Å². The van der Waals surface area contributed by atoms with E-state index in [0.29, 0.717) is 17.6 Å². The molecule has 0 unspecified atom stereocenters. The summed E-state index contributed by atoms with van der Waals surface area (Å²) in [5, 5.41) is 12.5. The second kappa shape index (κ2) is 8.04. The molecule has 6 heteroatoms. The molecule has 0 atom stereocenters. The van der Waals surface area contributed by atoms with Gasteiger partial charge in [0.2, 0.25) is 5.91 Å². The molecule has 1 amide bonds. The molecule has 0 spiro atoms. The number of nitrogens with one attached hydrogen (secondary N) is 1. The molecule has 3 rings (SSSR count). The van der Waals surface area contributed by atoms with Gasteiger partial charge in [0.25, 0.3) is 0 Å². The summed E-state index contributed by atoms with van der Waals surface area (Å²) in [6.45, 7) is 7.39.